The molecule has 0 saturated carbocycles. The van der Waals surface area contributed by atoms with Crippen molar-refractivity contribution in [1.82, 2.24) is 34.8 Å². The first-order valence-electron chi connectivity index (χ1n) is 30.0. The van der Waals surface area contributed by atoms with Crippen LogP contribution in [0.15, 0.2) is 154 Å². The second-order valence-corrected chi connectivity index (χ2v) is 25.9. The lowest BCUT2D eigenvalue weighted by Crippen LogP contribution is -2.50. The Morgan fingerprint density at radius 3 is 1.45 bits per heavy atom. The van der Waals surface area contributed by atoms with E-state index in [9.17, 15) is 70.6 Å². The first kappa shape index (κ1) is 75.6. The first-order chi connectivity index (χ1) is 45.2. The Kier molecular flexibility index (Phi) is 29.9. The molecule has 0 aliphatic heterocycles. The smallest absolute Gasteiger partial charge is 0.437 e. The molecule has 0 heterocycles. The van der Waals surface area contributed by atoms with E-state index in [0.717, 1.165) is 37.8 Å². The second kappa shape index (κ2) is 37.5. The molecule has 7 amide bonds. The van der Waals surface area contributed by atoms with E-state index in [1.165, 1.54) is 24.3 Å². The van der Waals surface area contributed by atoms with Crippen LogP contribution in [0.2, 0.25) is 0 Å². The Balaban J connectivity index is 1.33. The third-order valence-electron chi connectivity index (χ3n) is 13.7. The van der Waals surface area contributed by atoms with Gasteiger partial charge in [-0.15, -0.1) is 4.99 Å². The van der Waals surface area contributed by atoms with Gasteiger partial charge in [-0.25, -0.2) is 40.9 Å². The summed E-state index contributed by atoms with van der Waals surface area (Å²) in [6.45, 7) is 1.86. The van der Waals surface area contributed by atoms with Crippen molar-refractivity contribution in [2.24, 2.45) is 16.5 Å². The van der Waals surface area contributed by atoms with Crippen molar-refractivity contribution in [2.45, 2.75) is 119 Å². The molecule has 0 aromatic heterocycles. The molecule has 8 N–H and O–H groups in total. The molecule has 0 unspecified atom stereocenters. The number of sulfonamides is 2. The van der Waals surface area contributed by atoms with Crippen LogP contribution in [0.3, 0.4) is 0 Å². The number of carbonyl (C=O) groups is 7. The summed E-state index contributed by atoms with van der Waals surface area (Å²) >= 11 is 0. The Hall–Kier alpha value is -10.1. The minimum absolute atomic E-state index is 0.0205. The normalized spacial score (nSPS) is 12.3. The van der Waals surface area contributed by atoms with Crippen molar-refractivity contribution < 1.29 is 79.2 Å². The van der Waals surface area contributed by atoms with E-state index in [2.05, 4.69) is 26.3 Å². The number of unbranched alkanes of at least 4 members (excludes halogenated alkanes) is 2. The van der Waals surface area contributed by atoms with E-state index >= 15 is 0 Å². The quantitative estimate of drug-likeness (QED) is 0.00622. The fourth-order valence-electron chi connectivity index (χ4n) is 9.06. The molecule has 0 saturated heterocycles. The Bertz CT molecular complexity index is 3680. The number of carbonyl (C=O) groups excluding carboxylic acids is 7. The average Bonchev–Trinajstić information content (AvgIpc) is 0.801. The van der Waals surface area contributed by atoms with Crippen molar-refractivity contribution in [3.05, 3.63) is 176 Å². The van der Waals surface area contributed by atoms with Gasteiger partial charge < -0.3 is 51.7 Å². The number of nitrogens with one attached hydrogen (secondary N) is 4. The molecule has 2 atom stereocenters. The summed E-state index contributed by atoms with van der Waals surface area (Å²) in [5.41, 5.74) is 11.0. The average molecular weight is 1360 g/mol. The zero-order chi connectivity index (χ0) is 69.6. The standard InChI is InChI=1S/C62H78N12O19S2/c1-62(2,3)93-60(80)68-49(41-54(63)75)56(77)65-34-18-7-19-36-70(94(86,87)52-32-16-14-30-50(52)73(82)83)38-22-39-71(95(88,89)53-33-17-15-31-51(53)74(84)85)37-21-35-66-55(76)48(67-58(78)90-42-45-23-8-4-9-24-45)29-20-40-72(61(81)92-44-47-27-12-6-13-28-47)57(64)69-59(79)91-43-46-25-10-5-11-26-46/h4-6,8-17,23-28,30-33,48-49H,7,18-22,29,34-44H2,1-3H3,(H2,63,75)(H,65,77)(H,66,76)(H,67,78)(H,68,80)(H2,64,69,79)/t48-,49-/m0/s1. The number of aliphatic imine (C=N–C) groups is 1. The van der Waals surface area contributed by atoms with Crippen LogP contribution in [0, 0.1) is 20.2 Å². The number of ether oxygens (including phenoxy) is 4. The molecule has 0 fully saturated rings. The van der Waals surface area contributed by atoms with Crippen LogP contribution in [-0.4, -0.2) is 152 Å². The third-order valence-corrected chi connectivity index (χ3v) is 17.6. The van der Waals surface area contributed by atoms with Crippen LogP contribution >= 0.6 is 0 Å². The summed E-state index contributed by atoms with van der Waals surface area (Å²) in [6, 6.07) is 32.2. The van der Waals surface area contributed by atoms with Gasteiger partial charge in [0, 0.05) is 57.9 Å². The van der Waals surface area contributed by atoms with Crippen LogP contribution in [0.25, 0.3) is 0 Å². The first-order valence-corrected chi connectivity index (χ1v) is 32.8. The fraction of sp³-hybridized carbons (Fsp3) is 0.387. The minimum atomic E-state index is -4.82. The molecule has 0 aliphatic carbocycles. The van der Waals surface area contributed by atoms with Crippen LogP contribution < -0.4 is 32.7 Å². The monoisotopic (exact) mass is 1360 g/mol. The van der Waals surface area contributed by atoms with Crippen molar-refractivity contribution in [3.8, 4) is 0 Å². The molecule has 5 rings (SSSR count). The molecule has 5 aromatic rings. The summed E-state index contributed by atoms with van der Waals surface area (Å²) in [7, 11) is -9.54. The molecule has 512 valence electrons. The van der Waals surface area contributed by atoms with Gasteiger partial charge in [-0.1, -0.05) is 122 Å². The Labute approximate surface area is 549 Å². The lowest BCUT2D eigenvalue weighted by Gasteiger charge is -2.26. The number of hydrogen-bond donors (Lipinski definition) is 6. The molecular formula is C62H78N12O19S2. The number of primary amides is 1. The van der Waals surface area contributed by atoms with E-state index in [-0.39, 0.29) is 90.9 Å². The zero-order valence-electron chi connectivity index (χ0n) is 52.6. The SMILES string of the molecule is CC(C)(C)OC(=O)N[C@@H](CC(N)=O)C(=O)NCCCCCN(CCCN(CCCNC(=O)[C@H](CCCN(C(=O)OCc1ccccc1)/C(N)=N/C(=O)OCc1ccccc1)NC(=O)OCc1ccccc1)S(=O)(=O)c1ccccc1[N+](=O)[O-])S(=O)(=O)c1ccccc1[N+](=O)[O-]. The highest BCUT2D eigenvalue weighted by atomic mass is 32.2. The van der Waals surface area contributed by atoms with Crippen LogP contribution in [0.4, 0.5) is 30.6 Å². The molecule has 33 heteroatoms. The van der Waals surface area contributed by atoms with Crippen molar-refractivity contribution in [2.75, 3.05) is 45.8 Å². The van der Waals surface area contributed by atoms with Crippen LogP contribution in [0.5, 0.6) is 0 Å². The van der Waals surface area contributed by atoms with Crippen molar-refractivity contribution in [1.29, 1.82) is 0 Å². The molecule has 95 heavy (non-hydrogen) atoms. The van der Waals surface area contributed by atoms with Crippen molar-refractivity contribution in [3.63, 3.8) is 0 Å². The molecule has 0 spiro atoms. The number of alkyl carbamates (subject to hydrolysis) is 2. The summed E-state index contributed by atoms with van der Waals surface area (Å²) in [4.78, 5) is 117. The van der Waals surface area contributed by atoms with E-state index in [4.69, 9.17) is 30.4 Å². The van der Waals surface area contributed by atoms with Gasteiger partial charge in [-0.3, -0.25) is 34.6 Å². The van der Waals surface area contributed by atoms with Gasteiger partial charge >= 0.3 is 24.4 Å². The number of nitro benzene ring substituents is 2. The summed E-state index contributed by atoms with van der Waals surface area (Å²) in [5.74, 6) is -3.09. The van der Waals surface area contributed by atoms with E-state index < -0.39 is 143 Å². The predicted octanol–water partition coefficient (Wildman–Crippen LogP) is 6.50. The number of benzene rings is 5. The molecule has 0 radical (unpaired) electrons. The largest absolute Gasteiger partial charge is 0.445 e. The molecule has 5 aromatic carbocycles. The molecule has 31 nitrogen and oxygen atoms in total. The number of guanidine groups is 1. The van der Waals surface area contributed by atoms with Gasteiger partial charge in [0.1, 0.15) is 37.5 Å². The lowest BCUT2D eigenvalue weighted by atomic mass is 10.1. The maximum Gasteiger partial charge on any atom is 0.437 e. The van der Waals surface area contributed by atoms with E-state index in [0.29, 0.717) is 16.7 Å². The lowest BCUT2D eigenvalue weighted by molar-refractivity contribution is -0.388. The maximum absolute atomic E-state index is 14.6. The van der Waals surface area contributed by atoms with Gasteiger partial charge in [0.15, 0.2) is 9.79 Å². The third kappa shape index (κ3) is 25.7. The number of nitrogens with zero attached hydrogens (tertiary/aromatic N) is 6. The number of nitrogens with two attached hydrogens (primary N) is 2. The van der Waals surface area contributed by atoms with Gasteiger partial charge in [-0.2, -0.15) is 8.61 Å². The maximum atomic E-state index is 14.6. The zero-order valence-corrected chi connectivity index (χ0v) is 54.2. The summed E-state index contributed by atoms with van der Waals surface area (Å²) in [6.07, 6.45) is -5.01. The van der Waals surface area contributed by atoms with E-state index in [1.54, 1.807) is 112 Å². The van der Waals surface area contributed by atoms with Crippen molar-refractivity contribution >= 4 is 79.5 Å². The topological polar surface area (TPSA) is 433 Å². The number of amides is 7. The van der Waals surface area contributed by atoms with E-state index in [1.807, 2.05) is 0 Å². The highest BCUT2D eigenvalue weighted by Gasteiger charge is 2.35. The van der Waals surface area contributed by atoms with Gasteiger partial charge in [-0.05, 0) is 88.1 Å². The minimum Gasteiger partial charge on any atom is -0.445 e. The van der Waals surface area contributed by atoms with Gasteiger partial charge in [0.05, 0.1) is 16.3 Å². The molecular weight excluding hydrogens is 1280 g/mol. The predicted molar refractivity (Wildman–Crippen MR) is 344 cm³/mol. The summed E-state index contributed by atoms with van der Waals surface area (Å²) in [5, 5.41) is 34.4. The molecule has 0 bridgehead atoms. The Morgan fingerprint density at radius 2 is 0.958 bits per heavy atom. The second-order valence-electron chi connectivity index (χ2n) is 22.1. The highest BCUT2D eigenvalue weighted by molar-refractivity contribution is 7.89. The Morgan fingerprint density at radius 1 is 0.526 bits per heavy atom. The van der Waals surface area contributed by atoms with Gasteiger partial charge in [0.25, 0.3) is 11.4 Å². The number of nitro groups is 2. The highest BCUT2D eigenvalue weighted by Crippen LogP contribution is 2.29. The number of rotatable bonds is 36. The number of para-hydroxylation sites is 2. The molecule has 0 aliphatic rings. The van der Waals surface area contributed by atoms with Crippen LogP contribution in [-0.2, 0) is 73.2 Å². The van der Waals surface area contributed by atoms with Gasteiger partial charge in [0.2, 0.25) is 43.7 Å². The fourth-order valence-corrected chi connectivity index (χ4v) is 12.4. The van der Waals surface area contributed by atoms with Crippen LogP contribution in [0.1, 0.15) is 88.8 Å². The summed E-state index contributed by atoms with van der Waals surface area (Å²) < 4.78 is 81.0. The number of hydrogen-bond acceptors (Lipinski definition) is 19.